The van der Waals surface area contributed by atoms with Crippen LogP contribution in [0.1, 0.15) is 138 Å². The minimum absolute atomic E-state index is 0.0135. The number of nitrogens with zero attached hydrogens (tertiary/aromatic N) is 5. The van der Waals surface area contributed by atoms with Crippen molar-refractivity contribution in [2.24, 2.45) is 40.7 Å². The highest BCUT2D eigenvalue weighted by molar-refractivity contribution is 6.39. The molecule has 1 aromatic heterocycles. The maximum Gasteiger partial charge on any atom is 0.352 e. The molecule has 2 unspecified atom stereocenters. The number of esters is 1. The Morgan fingerprint density at radius 3 is 2.22 bits per heavy atom. The number of rotatable bonds is 10. The molecule has 17 atom stereocenters. The lowest BCUT2D eigenvalue weighted by Crippen LogP contribution is -2.61. The first-order valence-electron chi connectivity index (χ1n) is 29.3. The van der Waals surface area contributed by atoms with Gasteiger partial charge < -0.3 is 53.8 Å². The molecule has 6 aliphatic rings. The third-order valence-corrected chi connectivity index (χ3v) is 18.0. The Bertz CT molecular complexity index is 2870. The van der Waals surface area contributed by atoms with Gasteiger partial charge in [-0.25, -0.2) is 33.1 Å². The molecule has 1 aliphatic carbocycles. The molecular weight excluding hydrogens is 1070 g/mol. The van der Waals surface area contributed by atoms with Crippen molar-refractivity contribution >= 4 is 35.1 Å². The summed E-state index contributed by atoms with van der Waals surface area (Å²) >= 11 is 0. The number of hydrogen-bond acceptors (Lipinski definition) is 17. The first-order valence-corrected chi connectivity index (χ1v) is 29.3. The summed E-state index contributed by atoms with van der Waals surface area (Å²) in [5.74, 6) is -10.5. The molecule has 1 saturated carbocycles. The average Bonchev–Trinajstić information content (AvgIpc) is 2.19. The predicted octanol–water partition coefficient (Wildman–Crippen LogP) is 5.42. The SMILES string of the molecule is CO[C@H]1C[C@@H]2CC[C@@H](C)[C@@](O)(O2)C(=O)C(=O)N2CCCC[C@H]2C(=O)O[C@H]([C@H](C)C[C@@H]2CC[C@@H](O)[C@H](OC)C2)CC(=O)[C@H](C)/C=C(\C)[C@@H](O)[C@@H](OC)/C(=N\OCC(=O)O)[C@H](C)C[C@H](C)C2C=CC(C=C1C)n1c(=O)n(-c3ccccc3)c(=O)n12. The third-order valence-electron chi connectivity index (χ3n) is 18.0. The number of aliphatic carboxylic acids is 1. The molecular formula is C61H87N5O17. The van der Waals surface area contributed by atoms with Gasteiger partial charge in [-0.05, 0) is 119 Å². The van der Waals surface area contributed by atoms with Gasteiger partial charge >= 0.3 is 23.3 Å². The highest BCUT2D eigenvalue weighted by atomic mass is 16.6. The van der Waals surface area contributed by atoms with Gasteiger partial charge in [0.1, 0.15) is 30.1 Å². The summed E-state index contributed by atoms with van der Waals surface area (Å²) in [7, 11) is 4.39. The number of carboxylic acid groups (broad SMARTS) is 1. The highest BCUT2D eigenvalue weighted by Gasteiger charge is 2.53. The molecule has 0 radical (unpaired) electrons. The maximum absolute atomic E-state index is 14.8. The molecule has 0 spiro atoms. The van der Waals surface area contributed by atoms with E-state index in [0.29, 0.717) is 68.2 Å². The summed E-state index contributed by atoms with van der Waals surface area (Å²) < 4.78 is 34.1. The molecule has 2 saturated heterocycles. The van der Waals surface area contributed by atoms with Gasteiger partial charge in [0.15, 0.2) is 0 Å². The lowest BCUT2D eigenvalue weighted by molar-refractivity contribution is -0.265. The number of fused-ring (bicyclic) bond motifs is 15. The fraction of sp³-hybridized carbons (Fsp3) is 0.672. The van der Waals surface area contributed by atoms with E-state index in [1.807, 2.05) is 26.0 Å². The molecule has 5 aliphatic heterocycles. The largest absolute Gasteiger partial charge is 0.479 e. The van der Waals surface area contributed by atoms with Crippen LogP contribution >= 0.6 is 0 Å². The number of amides is 1. The van der Waals surface area contributed by atoms with E-state index in [9.17, 15) is 54.0 Å². The summed E-state index contributed by atoms with van der Waals surface area (Å²) in [6.07, 6.45) is 4.88. The van der Waals surface area contributed by atoms with E-state index in [1.165, 1.54) is 23.6 Å². The molecule has 4 N–H and O–H groups in total. The van der Waals surface area contributed by atoms with Crippen LogP contribution in [0.5, 0.6) is 0 Å². The van der Waals surface area contributed by atoms with Crippen LogP contribution in [-0.4, -0.2) is 163 Å². The number of hydrogen-bond donors (Lipinski definition) is 4. The number of carboxylic acids is 1. The zero-order valence-corrected chi connectivity index (χ0v) is 49.7. The quantitative estimate of drug-likeness (QED) is 0.0999. The number of aliphatic hydroxyl groups is 3. The van der Waals surface area contributed by atoms with E-state index < -0.39 is 138 Å². The summed E-state index contributed by atoms with van der Waals surface area (Å²) in [6, 6.07) is 5.73. The number of oxime groups is 1. The lowest BCUT2D eigenvalue weighted by atomic mass is 9.78. The predicted molar refractivity (Wildman–Crippen MR) is 304 cm³/mol. The first-order chi connectivity index (χ1) is 39.4. The standard InChI is InChI=1S/C61H87N5O17/c1-34-26-38(5)53(62-81-33-52(69)70)55(80-10)54(71)39(6)27-35(2)48(68)32-50(36(3)28-41-20-24-47(67)51(30-41)79-9)82-58(74)46-18-14-15-25-63(46)57(73)56(72)61(77)40(7)19-22-44(83-61)31-49(78-8)37(4)29-43-21-23-45(34)66-60(76)64(59(75)65(43)66)42-16-12-11-13-17-42/h11-13,16-17,21,23,27,29,34-36,38,40-41,43-47,49-51,54-55,67,71,77H,14-15,18-20,22,24-26,28,30-33H2,1-10H3,(H,69,70)/b37-29?,39-27+,62-53-/t34-,35+,36+,38+,40+,41-,43?,44-,45?,46-,47+,49-,50-,51+,54+,55-,61+/m0/s1. The molecule has 83 heavy (non-hydrogen) atoms. The van der Waals surface area contributed by atoms with Crippen LogP contribution < -0.4 is 11.4 Å². The van der Waals surface area contributed by atoms with Crippen molar-refractivity contribution in [2.75, 3.05) is 34.5 Å². The van der Waals surface area contributed by atoms with Gasteiger partial charge in [0, 0.05) is 58.5 Å². The van der Waals surface area contributed by atoms with E-state index in [-0.39, 0.29) is 49.6 Å². The monoisotopic (exact) mass is 1160 g/mol. The molecule has 6 heterocycles. The van der Waals surface area contributed by atoms with Gasteiger partial charge in [0.05, 0.1) is 47.9 Å². The molecule has 22 nitrogen and oxygen atoms in total. The molecule has 3 fully saturated rings. The van der Waals surface area contributed by atoms with Crippen molar-refractivity contribution in [3.05, 3.63) is 86.8 Å². The van der Waals surface area contributed by atoms with Gasteiger partial charge in [-0.1, -0.05) is 82.3 Å². The Labute approximate surface area is 485 Å². The number of methoxy groups -OCH3 is 3. The van der Waals surface area contributed by atoms with Crippen molar-refractivity contribution in [1.82, 2.24) is 18.8 Å². The summed E-state index contributed by atoms with van der Waals surface area (Å²) in [4.78, 5) is 106. The highest BCUT2D eigenvalue weighted by Crippen LogP contribution is 2.39. The fourth-order valence-corrected chi connectivity index (χ4v) is 13.0. The topological polar surface area (TPSA) is 286 Å². The van der Waals surface area contributed by atoms with E-state index >= 15 is 0 Å². The molecule has 2 aromatic rings. The van der Waals surface area contributed by atoms with Gasteiger partial charge in [0.25, 0.3) is 11.7 Å². The number of Topliss-reactive ketones (excluding diaryl/α,β-unsaturated/α-hetero) is 2. The molecule has 1 amide bonds. The van der Waals surface area contributed by atoms with Crippen LogP contribution in [0.3, 0.4) is 0 Å². The summed E-state index contributed by atoms with van der Waals surface area (Å²) in [6.45, 7) is 11.4. The van der Waals surface area contributed by atoms with Crippen LogP contribution in [-0.2, 0) is 52.5 Å². The van der Waals surface area contributed by atoms with Crippen LogP contribution in [0.4, 0.5) is 0 Å². The number of benzene rings is 1. The molecule has 4 bridgehead atoms. The number of aromatic nitrogens is 3. The van der Waals surface area contributed by atoms with Gasteiger partial charge in [0.2, 0.25) is 12.4 Å². The Morgan fingerprint density at radius 2 is 1.54 bits per heavy atom. The van der Waals surface area contributed by atoms with Crippen LogP contribution in [0, 0.1) is 35.5 Å². The zero-order valence-electron chi connectivity index (χ0n) is 49.7. The summed E-state index contributed by atoms with van der Waals surface area (Å²) in [5, 5.41) is 48.8. The Kier molecular flexibility index (Phi) is 22.1. The van der Waals surface area contributed by atoms with Gasteiger partial charge in [-0.2, -0.15) is 0 Å². The van der Waals surface area contributed by atoms with E-state index in [1.54, 1.807) is 84.2 Å². The fourth-order valence-electron chi connectivity index (χ4n) is 13.0. The number of carbonyl (C=O) groups is 5. The number of piperidine rings is 1. The second kappa shape index (κ2) is 28.3. The number of carbonyl (C=O) groups excluding carboxylic acids is 4. The van der Waals surface area contributed by atoms with Gasteiger partial charge in [-0.3, -0.25) is 14.4 Å². The second-order valence-electron chi connectivity index (χ2n) is 23.9. The number of aliphatic hydroxyl groups excluding tert-OH is 2. The number of ether oxygens (including phenoxy) is 5. The lowest BCUT2D eigenvalue weighted by Gasteiger charge is -2.42. The van der Waals surface area contributed by atoms with Crippen molar-refractivity contribution in [1.29, 1.82) is 0 Å². The van der Waals surface area contributed by atoms with E-state index in [2.05, 4.69) is 5.16 Å². The van der Waals surface area contributed by atoms with Gasteiger partial charge in [-0.15, -0.1) is 0 Å². The summed E-state index contributed by atoms with van der Waals surface area (Å²) in [5.41, 5.74) is 0.170. The second-order valence-corrected chi connectivity index (χ2v) is 23.9. The minimum Gasteiger partial charge on any atom is -0.479 e. The first kappa shape index (κ1) is 64.7. The Balaban J connectivity index is 1.31. The normalized spacial score (nSPS) is 35.4. The smallest absolute Gasteiger partial charge is 0.352 e. The number of para-hydroxylation sites is 1. The molecule has 1 aromatic carbocycles. The average molecular weight is 1160 g/mol. The van der Waals surface area contributed by atoms with Crippen LogP contribution in [0.25, 0.3) is 5.69 Å². The van der Waals surface area contributed by atoms with E-state index in [0.717, 1.165) is 9.47 Å². The minimum atomic E-state index is -2.57. The van der Waals surface area contributed by atoms with E-state index in [4.69, 9.17) is 28.5 Å². The molecule has 458 valence electrons. The van der Waals surface area contributed by atoms with Crippen molar-refractivity contribution in [2.45, 2.75) is 192 Å². The molecule has 22 heteroatoms. The van der Waals surface area contributed by atoms with Crippen molar-refractivity contribution < 1.29 is 72.9 Å². The number of allylic oxidation sites excluding steroid dienone is 4. The number of ketones is 2. The molecule has 8 rings (SSSR count). The zero-order chi connectivity index (χ0) is 60.6. The Hall–Kier alpha value is -5.88. The maximum atomic E-state index is 14.8. The van der Waals surface area contributed by atoms with Crippen molar-refractivity contribution in [3.8, 4) is 5.69 Å². The van der Waals surface area contributed by atoms with Crippen LogP contribution in [0.15, 0.2) is 80.5 Å². The van der Waals surface area contributed by atoms with Crippen LogP contribution in [0.2, 0.25) is 0 Å². The Morgan fingerprint density at radius 1 is 0.831 bits per heavy atom. The van der Waals surface area contributed by atoms with Crippen molar-refractivity contribution in [3.63, 3.8) is 0 Å². The third kappa shape index (κ3) is 14.6.